The maximum atomic E-state index is 13.9. The zero-order valence-electron chi connectivity index (χ0n) is 10.1. The molecule has 0 saturated carbocycles. The zero-order chi connectivity index (χ0) is 13.2. The Balaban J connectivity index is 1.81. The first kappa shape index (κ1) is 12.1. The highest BCUT2D eigenvalue weighted by atomic mass is 32.1. The lowest BCUT2D eigenvalue weighted by atomic mass is 10.0. The first-order valence-electron chi connectivity index (χ1n) is 5.97. The van der Waals surface area contributed by atoms with Crippen LogP contribution in [0.15, 0.2) is 23.7 Å². The van der Waals surface area contributed by atoms with Gasteiger partial charge < -0.3 is 10.6 Å². The topological polar surface area (TPSA) is 54.0 Å². The standard InChI is InChI=1S/C13H12FN3OS/c14-9-5-8-1-2-12(18)17-10(8)6-11(9)16-7-13-15-3-4-19-13/h3-6,16H,1-2,7H2,(H,17,18). The van der Waals surface area contributed by atoms with E-state index in [2.05, 4.69) is 15.6 Å². The average molecular weight is 277 g/mol. The molecule has 1 aromatic heterocycles. The number of nitrogens with zero attached hydrogens (tertiary/aromatic N) is 1. The number of thiazole rings is 1. The number of fused-ring (bicyclic) bond motifs is 1. The second-order valence-electron chi connectivity index (χ2n) is 4.32. The summed E-state index contributed by atoms with van der Waals surface area (Å²) in [6.45, 7) is 0.474. The van der Waals surface area contributed by atoms with Gasteiger partial charge in [0.25, 0.3) is 0 Å². The highest BCUT2D eigenvalue weighted by Crippen LogP contribution is 2.28. The van der Waals surface area contributed by atoms with Gasteiger partial charge in [-0.05, 0) is 24.1 Å². The van der Waals surface area contributed by atoms with Crippen LogP contribution in [0.1, 0.15) is 17.0 Å². The van der Waals surface area contributed by atoms with E-state index in [0.717, 1.165) is 10.6 Å². The van der Waals surface area contributed by atoms with Crippen LogP contribution >= 0.6 is 11.3 Å². The molecule has 1 aromatic carbocycles. The first-order chi connectivity index (χ1) is 9.22. The Kier molecular flexibility index (Phi) is 3.16. The van der Waals surface area contributed by atoms with Crippen molar-refractivity contribution in [1.29, 1.82) is 0 Å². The van der Waals surface area contributed by atoms with Gasteiger partial charge in [-0.3, -0.25) is 4.79 Å². The van der Waals surface area contributed by atoms with E-state index in [1.54, 1.807) is 12.3 Å². The molecule has 2 heterocycles. The van der Waals surface area contributed by atoms with Crippen molar-refractivity contribution in [1.82, 2.24) is 4.98 Å². The van der Waals surface area contributed by atoms with Gasteiger partial charge in [-0.2, -0.15) is 0 Å². The molecule has 0 radical (unpaired) electrons. The SMILES string of the molecule is O=C1CCc2cc(F)c(NCc3nccs3)cc2N1. The number of halogens is 1. The fourth-order valence-corrected chi connectivity index (χ4v) is 2.60. The molecule has 1 aliphatic rings. The molecule has 6 heteroatoms. The molecule has 0 saturated heterocycles. The van der Waals surface area contributed by atoms with Gasteiger partial charge in [0.15, 0.2) is 0 Å². The third kappa shape index (κ3) is 2.58. The normalized spacial score (nSPS) is 13.8. The number of rotatable bonds is 3. The number of hydrogen-bond donors (Lipinski definition) is 2. The van der Waals surface area contributed by atoms with Crippen molar-refractivity contribution in [3.05, 3.63) is 40.1 Å². The summed E-state index contributed by atoms with van der Waals surface area (Å²) in [4.78, 5) is 15.5. The van der Waals surface area contributed by atoms with Crippen molar-refractivity contribution >= 4 is 28.6 Å². The van der Waals surface area contributed by atoms with Crippen molar-refractivity contribution < 1.29 is 9.18 Å². The Morgan fingerprint density at radius 2 is 2.32 bits per heavy atom. The average Bonchev–Trinajstić information content (AvgIpc) is 2.90. The summed E-state index contributed by atoms with van der Waals surface area (Å²) in [6.07, 6.45) is 2.72. The summed E-state index contributed by atoms with van der Waals surface area (Å²) in [5.41, 5.74) is 1.92. The second kappa shape index (κ2) is 4.97. The second-order valence-corrected chi connectivity index (χ2v) is 5.30. The molecule has 0 bridgehead atoms. The smallest absolute Gasteiger partial charge is 0.224 e. The number of carbonyl (C=O) groups is 1. The molecule has 98 valence electrons. The summed E-state index contributed by atoms with van der Waals surface area (Å²) >= 11 is 1.51. The summed E-state index contributed by atoms with van der Waals surface area (Å²) in [5, 5.41) is 8.53. The fraction of sp³-hybridized carbons (Fsp3) is 0.231. The number of carbonyl (C=O) groups excluding carboxylic acids is 1. The number of nitrogens with one attached hydrogen (secondary N) is 2. The van der Waals surface area contributed by atoms with Crippen molar-refractivity contribution in [2.24, 2.45) is 0 Å². The van der Waals surface area contributed by atoms with Crippen LogP contribution in [0.2, 0.25) is 0 Å². The van der Waals surface area contributed by atoms with E-state index < -0.39 is 0 Å². The van der Waals surface area contributed by atoms with Gasteiger partial charge in [-0.1, -0.05) is 0 Å². The van der Waals surface area contributed by atoms with Crippen LogP contribution < -0.4 is 10.6 Å². The molecular weight excluding hydrogens is 265 g/mol. The lowest BCUT2D eigenvalue weighted by molar-refractivity contribution is -0.116. The number of hydrogen-bond acceptors (Lipinski definition) is 4. The quantitative estimate of drug-likeness (QED) is 0.907. The number of benzene rings is 1. The molecule has 0 atom stereocenters. The van der Waals surface area contributed by atoms with Crippen LogP contribution in [0.5, 0.6) is 0 Å². The molecule has 1 amide bonds. The van der Waals surface area contributed by atoms with E-state index in [1.165, 1.54) is 17.4 Å². The van der Waals surface area contributed by atoms with E-state index in [9.17, 15) is 9.18 Å². The van der Waals surface area contributed by atoms with E-state index in [1.807, 2.05) is 5.38 Å². The Labute approximate surface area is 113 Å². The van der Waals surface area contributed by atoms with E-state index in [0.29, 0.717) is 30.8 Å². The van der Waals surface area contributed by atoms with Crippen LogP contribution in [0.25, 0.3) is 0 Å². The van der Waals surface area contributed by atoms with Gasteiger partial charge >= 0.3 is 0 Å². The lowest BCUT2D eigenvalue weighted by Crippen LogP contribution is -2.19. The van der Waals surface area contributed by atoms with Gasteiger partial charge in [-0.15, -0.1) is 11.3 Å². The summed E-state index contributed by atoms with van der Waals surface area (Å²) in [5.74, 6) is -0.323. The molecule has 1 aliphatic heterocycles. The van der Waals surface area contributed by atoms with E-state index in [4.69, 9.17) is 0 Å². The largest absolute Gasteiger partial charge is 0.376 e. The molecule has 0 spiro atoms. The van der Waals surface area contributed by atoms with Gasteiger partial charge in [-0.25, -0.2) is 9.37 Å². The predicted molar refractivity (Wildman–Crippen MR) is 72.8 cm³/mol. The maximum absolute atomic E-state index is 13.9. The van der Waals surface area contributed by atoms with Gasteiger partial charge in [0.1, 0.15) is 10.8 Å². The van der Waals surface area contributed by atoms with Crippen LogP contribution in [0, 0.1) is 5.82 Å². The Morgan fingerprint density at radius 1 is 1.42 bits per heavy atom. The minimum atomic E-state index is -0.300. The molecule has 19 heavy (non-hydrogen) atoms. The van der Waals surface area contributed by atoms with Crippen LogP contribution in [-0.2, 0) is 17.8 Å². The van der Waals surface area contributed by atoms with Crippen molar-refractivity contribution in [3.8, 4) is 0 Å². The summed E-state index contributed by atoms with van der Waals surface area (Å²) in [7, 11) is 0. The molecule has 0 aliphatic carbocycles. The molecule has 2 aromatic rings. The third-order valence-corrected chi connectivity index (χ3v) is 3.78. The summed E-state index contributed by atoms with van der Waals surface area (Å²) in [6, 6.07) is 3.13. The van der Waals surface area contributed by atoms with Crippen LogP contribution in [-0.4, -0.2) is 10.9 Å². The molecular formula is C13H12FN3OS. The number of amides is 1. The Hall–Kier alpha value is -1.95. The number of aryl methyl sites for hydroxylation is 1. The van der Waals surface area contributed by atoms with Crippen molar-refractivity contribution in [2.75, 3.05) is 10.6 Å². The monoisotopic (exact) mass is 277 g/mol. The van der Waals surface area contributed by atoms with Crippen molar-refractivity contribution in [2.45, 2.75) is 19.4 Å². The molecule has 0 fully saturated rings. The van der Waals surface area contributed by atoms with E-state index in [-0.39, 0.29) is 11.7 Å². The van der Waals surface area contributed by atoms with Crippen LogP contribution in [0.3, 0.4) is 0 Å². The minimum absolute atomic E-state index is 0.0232. The lowest BCUT2D eigenvalue weighted by Gasteiger charge is -2.18. The van der Waals surface area contributed by atoms with Crippen molar-refractivity contribution in [3.63, 3.8) is 0 Å². The summed E-state index contributed by atoms with van der Waals surface area (Å²) < 4.78 is 13.9. The van der Waals surface area contributed by atoms with E-state index >= 15 is 0 Å². The molecule has 0 unspecified atom stereocenters. The van der Waals surface area contributed by atoms with Gasteiger partial charge in [0, 0.05) is 23.7 Å². The minimum Gasteiger partial charge on any atom is -0.376 e. The van der Waals surface area contributed by atoms with Gasteiger partial charge in [0.05, 0.1) is 12.2 Å². The van der Waals surface area contributed by atoms with Gasteiger partial charge in [0.2, 0.25) is 5.91 Å². The highest BCUT2D eigenvalue weighted by molar-refractivity contribution is 7.09. The Morgan fingerprint density at radius 3 is 3.11 bits per heavy atom. The highest BCUT2D eigenvalue weighted by Gasteiger charge is 2.17. The Bertz CT molecular complexity index is 613. The number of aromatic nitrogens is 1. The predicted octanol–water partition coefficient (Wildman–Crippen LogP) is 2.78. The fourth-order valence-electron chi connectivity index (χ4n) is 2.05. The molecule has 4 nitrogen and oxygen atoms in total. The zero-order valence-corrected chi connectivity index (χ0v) is 10.9. The third-order valence-electron chi connectivity index (χ3n) is 3.00. The molecule has 3 rings (SSSR count). The maximum Gasteiger partial charge on any atom is 0.224 e. The number of anilines is 2. The first-order valence-corrected chi connectivity index (χ1v) is 6.85. The molecule has 2 N–H and O–H groups in total. The van der Waals surface area contributed by atoms with Crippen LogP contribution in [0.4, 0.5) is 15.8 Å².